The number of aliphatic carboxylic acids is 1. The van der Waals surface area contributed by atoms with Crippen LogP contribution in [0.4, 0.5) is 4.79 Å². The Balaban J connectivity index is 2.49. The van der Waals surface area contributed by atoms with Crippen molar-refractivity contribution in [3.05, 3.63) is 0 Å². The SMILES string of the molecule is COC(=O)C1CCN(C(=O)N[C@@H](CCSC)C(=O)O)C1. The van der Waals surface area contributed by atoms with Crippen molar-refractivity contribution in [2.45, 2.75) is 18.9 Å². The fourth-order valence-electron chi connectivity index (χ4n) is 2.04. The normalized spacial score (nSPS) is 19.5. The Hall–Kier alpha value is -1.44. The summed E-state index contributed by atoms with van der Waals surface area (Å²) < 4.78 is 4.64. The molecule has 2 N–H and O–H groups in total. The van der Waals surface area contributed by atoms with Crippen molar-refractivity contribution < 1.29 is 24.2 Å². The Morgan fingerprint density at radius 3 is 2.75 bits per heavy atom. The first-order valence-corrected chi connectivity index (χ1v) is 7.74. The number of methoxy groups -OCH3 is 1. The van der Waals surface area contributed by atoms with E-state index in [-0.39, 0.29) is 18.4 Å². The molecular weight excluding hydrogens is 284 g/mol. The van der Waals surface area contributed by atoms with Crippen LogP contribution in [0.5, 0.6) is 0 Å². The lowest BCUT2D eigenvalue weighted by Gasteiger charge is -2.20. The first-order chi connectivity index (χ1) is 9.49. The summed E-state index contributed by atoms with van der Waals surface area (Å²) in [6.45, 7) is 0.702. The highest BCUT2D eigenvalue weighted by Gasteiger charge is 2.33. The molecule has 1 heterocycles. The van der Waals surface area contributed by atoms with E-state index in [0.717, 1.165) is 0 Å². The van der Waals surface area contributed by atoms with E-state index in [4.69, 9.17) is 5.11 Å². The fourth-order valence-corrected chi connectivity index (χ4v) is 2.51. The van der Waals surface area contributed by atoms with Crippen molar-refractivity contribution in [1.82, 2.24) is 10.2 Å². The number of carboxylic acid groups (broad SMARTS) is 1. The predicted octanol–water partition coefficient (Wildman–Crippen LogP) is 0.397. The fraction of sp³-hybridized carbons (Fsp3) is 0.750. The van der Waals surface area contributed by atoms with Gasteiger partial charge in [-0.1, -0.05) is 0 Å². The highest BCUT2D eigenvalue weighted by molar-refractivity contribution is 7.98. The van der Waals surface area contributed by atoms with Gasteiger partial charge < -0.3 is 20.1 Å². The molecule has 0 aromatic heterocycles. The van der Waals surface area contributed by atoms with E-state index < -0.39 is 18.0 Å². The maximum atomic E-state index is 12.0. The first-order valence-electron chi connectivity index (χ1n) is 6.34. The van der Waals surface area contributed by atoms with Gasteiger partial charge in [-0.3, -0.25) is 4.79 Å². The summed E-state index contributed by atoms with van der Waals surface area (Å²) in [5.74, 6) is -1.05. The monoisotopic (exact) mass is 304 g/mol. The zero-order chi connectivity index (χ0) is 15.1. The Kier molecular flexibility index (Phi) is 6.63. The van der Waals surface area contributed by atoms with Crippen molar-refractivity contribution in [3.63, 3.8) is 0 Å². The third-order valence-electron chi connectivity index (χ3n) is 3.22. The molecule has 1 rings (SSSR count). The summed E-state index contributed by atoms with van der Waals surface area (Å²) in [6, 6.07) is -1.34. The van der Waals surface area contributed by atoms with Gasteiger partial charge in [0.15, 0.2) is 0 Å². The molecule has 1 unspecified atom stereocenters. The minimum absolute atomic E-state index is 0.271. The van der Waals surface area contributed by atoms with Gasteiger partial charge in [-0.2, -0.15) is 11.8 Å². The third-order valence-corrected chi connectivity index (χ3v) is 3.86. The second-order valence-electron chi connectivity index (χ2n) is 4.58. The molecule has 0 aliphatic carbocycles. The summed E-state index contributed by atoms with van der Waals surface area (Å²) in [6.07, 6.45) is 2.79. The zero-order valence-corrected chi connectivity index (χ0v) is 12.4. The predicted molar refractivity (Wildman–Crippen MR) is 74.7 cm³/mol. The molecule has 2 atom stereocenters. The number of rotatable bonds is 6. The van der Waals surface area contributed by atoms with Gasteiger partial charge in [0.1, 0.15) is 6.04 Å². The molecule has 0 spiro atoms. The van der Waals surface area contributed by atoms with Crippen LogP contribution in [0.25, 0.3) is 0 Å². The Morgan fingerprint density at radius 1 is 1.50 bits per heavy atom. The molecular formula is C12H20N2O5S. The maximum Gasteiger partial charge on any atom is 0.326 e. The van der Waals surface area contributed by atoms with E-state index in [0.29, 0.717) is 25.1 Å². The second-order valence-corrected chi connectivity index (χ2v) is 5.56. The van der Waals surface area contributed by atoms with Gasteiger partial charge in [0.25, 0.3) is 0 Å². The van der Waals surface area contributed by atoms with Crippen molar-refractivity contribution >= 4 is 29.7 Å². The molecule has 114 valence electrons. The van der Waals surface area contributed by atoms with Gasteiger partial charge in [-0.25, -0.2) is 9.59 Å². The number of hydrogen-bond donors (Lipinski definition) is 2. The Bertz CT molecular complexity index is 377. The topological polar surface area (TPSA) is 95.9 Å². The van der Waals surface area contributed by atoms with Gasteiger partial charge in [-0.15, -0.1) is 0 Å². The first kappa shape index (κ1) is 16.6. The number of nitrogens with zero attached hydrogens (tertiary/aromatic N) is 1. The molecule has 0 aromatic carbocycles. The Morgan fingerprint density at radius 2 is 2.20 bits per heavy atom. The summed E-state index contributed by atoms with van der Waals surface area (Å²) in [4.78, 5) is 35.9. The van der Waals surface area contributed by atoms with Gasteiger partial charge in [-0.05, 0) is 24.9 Å². The number of carboxylic acids is 1. The van der Waals surface area contributed by atoms with Crippen LogP contribution in [0.2, 0.25) is 0 Å². The standard InChI is InChI=1S/C12H20N2O5S/c1-19-11(17)8-3-5-14(7-8)12(18)13-9(10(15)16)4-6-20-2/h8-9H,3-7H2,1-2H3,(H,13,18)(H,15,16)/t8?,9-/m0/s1. The summed E-state index contributed by atoms with van der Waals surface area (Å²) in [5, 5.41) is 11.5. The largest absolute Gasteiger partial charge is 0.480 e. The van der Waals surface area contributed by atoms with Crippen LogP contribution in [-0.4, -0.2) is 66.2 Å². The molecule has 1 aliphatic heterocycles. The van der Waals surface area contributed by atoms with Crippen LogP contribution in [0.3, 0.4) is 0 Å². The molecule has 0 aromatic rings. The number of likely N-dealkylation sites (tertiary alicyclic amines) is 1. The lowest BCUT2D eigenvalue weighted by Crippen LogP contribution is -2.47. The summed E-state index contributed by atoms with van der Waals surface area (Å²) in [7, 11) is 1.31. The number of hydrogen-bond acceptors (Lipinski definition) is 5. The zero-order valence-electron chi connectivity index (χ0n) is 11.6. The van der Waals surface area contributed by atoms with Crippen LogP contribution < -0.4 is 5.32 Å². The van der Waals surface area contributed by atoms with Crippen LogP contribution >= 0.6 is 11.8 Å². The van der Waals surface area contributed by atoms with E-state index in [1.807, 2.05) is 6.26 Å². The maximum absolute atomic E-state index is 12.0. The van der Waals surface area contributed by atoms with Gasteiger partial charge in [0.2, 0.25) is 0 Å². The van der Waals surface area contributed by atoms with E-state index in [1.54, 1.807) is 0 Å². The van der Waals surface area contributed by atoms with Crippen molar-refractivity contribution in [3.8, 4) is 0 Å². The van der Waals surface area contributed by atoms with E-state index in [2.05, 4.69) is 10.1 Å². The van der Waals surface area contributed by atoms with Crippen molar-refractivity contribution in [1.29, 1.82) is 0 Å². The Labute approximate surface area is 122 Å². The molecule has 1 fully saturated rings. The number of carbonyl (C=O) groups excluding carboxylic acids is 2. The van der Waals surface area contributed by atoms with Crippen LogP contribution in [0, 0.1) is 5.92 Å². The number of ether oxygens (including phenoxy) is 1. The minimum atomic E-state index is -1.05. The minimum Gasteiger partial charge on any atom is -0.480 e. The van der Waals surface area contributed by atoms with Gasteiger partial charge >= 0.3 is 18.0 Å². The van der Waals surface area contributed by atoms with E-state index >= 15 is 0 Å². The molecule has 20 heavy (non-hydrogen) atoms. The van der Waals surface area contributed by atoms with Gasteiger partial charge in [0, 0.05) is 13.1 Å². The number of esters is 1. The molecule has 0 radical (unpaired) electrons. The average molecular weight is 304 g/mol. The van der Waals surface area contributed by atoms with E-state index in [1.165, 1.54) is 23.8 Å². The third kappa shape index (κ3) is 4.59. The average Bonchev–Trinajstić information content (AvgIpc) is 2.91. The number of amides is 2. The highest BCUT2D eigenvalue weighted by atomic mass is 32.2. The highest BCUT2D eigenvalue weighted by Crippen LogP contribution is 2.17. The van der Waals surface area contributed by atoms with E-state index in [9.17, 15) is 14.4 Å². The lowest BCUT2D eigenvalue weighted by atomic mass is 10.1. The lowest BCUT2D eigenvalue weighted by molar-refractivity contribution is -0.145. The molecule has 0 saturated carbocycles. The van der Waals surface area contributed by atoms with Crippen LogP contribution in [0.1, 0.15) is 12.8 Å². The molecule has 2 amide bonds. The quantitative estimate of drug-likeness (QED) is 0.690. The molecule has 1 aliphatic rings. The number of urea groups is 1. The number of carbonyl (C=O) groups is 3. The van der Waals surface area contributed by atoms with Crippen molar-refractivity contribution in [2.24, 2.45) is 5.92 Å². The van der Waals surface area contributed by atoms with Crippen molar-refractivity contribution in [2.75, 3.05) is 32.2 Å². The second kappa shape index (κ2) is 7.98. The molecule has 7 nitrogen and oxygen atoms in total. The van der Waals surface area contributed by atoms with Crippen LogP contribution in [-0.2, 0) is 14.3 Å². The molecule has 8 heteroatoms. The summed E-state index contributed by atoms with van der Waals surface area (Å²) >= 11 is 1.52. The number of nitrogens with one attached hydrogen (secondary N) is 1. The molecule has 0 bridgehead atoms. The summed E-state index contributed by atoms with van der Waals surface area (Å²) in [5.41, 5.74) is 0. The number of thioether (sulfide) groups is 1. The van der Waals surface area contributed by atoms with Gasteiger partial charge in [0.05, 0.1) is 13.0 Å². The smallest absolute Gasteiger partial charge is 0.326 e. The van der Waals surface area contributed by atoms with Crippen LogP contribution in [0.15, 0.2) is 0 Å². The molecule has 1 saturated heterocycles.